The Kier molecular flexibility index (Phi) is 10.1. The van der Waals surface area contributed by atoms with E-state index in [2.05, 4.69) is 26.0 Å². The van der Waals surface area contributed by atoms with Crippen LogP contribution in [0.3, 0.4) is 0 Å². The molecule has 0 atom stereocenters. The lowest BCUT2D eigenvalue weighted by Crippen LogP contribution is -2.23. The lowest BCUT2D eigenvalue weighted by Gasteiger charge is -2.31. The Bertz CT molecular complexity index is 319. The average Bonchev–Trinajstić information content (AvgIpc) is 2.64. The fraction of sp³-hybridized carbons (Fsp3) is 0.913. The summed E-state index contributed by atoms with van der Waals surface area (Å²) in [4.78, 5) is 0. The van der Waals surface area contributed by atoms with Crippen LogP contribution in [0.4, 0.5) is 0 Å². The molecule has 2 aliphatic rings. The maximum Gasteiger partial charge on any atom is 0.0575 e. The van der Waals surface area contributed by atoms with Gasteiger partial charge in [-0.2, -0.15) is 0 Å². The van der Waals surface area contributed by atoms with Crippen LogP contribution in [0.1, 0.15) is 104 Å². The van der Waals surface area contributed by atoms with Gasteiger partial charge in [0.25, 0.3) is 0 Å². The van der Waals surface area contributed by atoms with Crippen molar-refractivity contribution in [3.63, 3.8) is 0 Å². The van der Waals surface area contributed by atoms with E-state index < -0.39 is 0 Å². The summed E-state index contributed by atoms with van der Waals surface area (Å²) in [5, 5.41) is 0. The normalized spacial score (nSPS) is 31.6. The highest BCUT2D eigenvalue weighted by molar-refractivity contribution is 4.90. The monoisotopic (exact) mass is 334 g/mol. The van der Waals surface area contributed by atoms with E-state index in [1.807, 2.05) is 0 Å². The molecule has 0 radical (unpaired) electrons. The van der Waals surface area contributed by atoms with Gasteiger partial charge in [0.15, 0.2) is 0 Å². The summed E-state index contributed by atoms with van der Waals surface area (Å²) in [7, 11) is 0. The summed E-state index contributed by atoms with van der Waals surface area (Å²) in [6.07, 6.45) is 24.8. The Morgan fingerprint density at radius 3 is 2.00 bits per heavy atom. The van der Waals surface area contributed by atoms with Crippen LogP contribution >= 0.6 is 0 Å². The van der Waals surface area contributed by atoms with Gasteiger partial charge in [-0.15, -0.1) is 0 Å². The van der Waals surface area contributed by atoms with Crippen LogP contribution in [0.2, 0.25) is 0 Å². The molecule has 0 aromatic rings. The molecule has 1 nitrogen and oxygen atoms in total. The van der Waals surface area contributed by atoms with Crippen LogP contribution in [0.15, 0.2) is 12.2 Å². The Balaban J connectivity index is 1.51. The Morgan fingerprint density at radius 2 is 1.42 bits per heavy atom. The maximum absolute atomic E-state index is 6.07. The molecule has 0 unspecified atom stereocenters. The van der Waals surface area contributed by atoms with E-state index in [-0.39, 0.29) is 0 Å². The summed E-state index contributed by atoms with van der Waals surface area (Å²) in [5.74, 6) is 2.92. The van der Waals surface area contributed by atoms with E-state index in [0.29, 0.717) is 6.10 Å². The molecular formula is C23H42O. The van der Waals surface area contributed by atoms with E-state index in [4.69, 9.17) is 4.74 Å². The molecule has 2 fully saturated rings. The molecule has 0 N–H and O–H groups in total. The van der Waals surface area contributed by atoms with Gasteiger partial charge in [-0.25, -0.2) is 0 Å². The van der Waals surface area contributed by atoms with Gasteiger partial charge >= 0.3 is 0 Å². The highest BCUT2D eigenvalue weighted by atomic mass is 16.5. The fourth-order valence-corrected chi connectivity index (χ4v) is 4.66. The maximum atomic E-state index is 6.07. The SMILES string of the molecule is CCC=C[C@H]1CC[C@H](CC[C@H]2CC[C@H](OCCCCC)CC2)CC1. The highest BCUT2D eigenvalue weighted by Gasteiger charge is 2.24. The van der Waals surface area contributed by atoms with Crippen LogP contribution in [0, 0.1) is 17.8 Å². The number of unbranched alkanes of at least 4 members (excludes halogenated alkanes) is 2. The summed E-state index contributed by atoms with van der Waals surface area (Å²) in [6, 6.07) is 0. The van der Waals surface area contributed by atoms with Gasteiger partial charge in [0.05, 0.1) is 6.10 Å². The molecule has 0 heterocycles. The number of ether oxygens (including phenoxy) is 1. The molecule has 0 aliphatic heterocycles. The van der Waals surface area contributed by atoms with Crippen LogP contribution in [0.25, 0.3) is 0 Å². The lowest BCUT2D eigenvalue weighted by molar-refractivity contribution is 0.0146. The average molecular weight is 335 g/mol. The third-order valence-corrected chi connectivity index (χ3v) is 6.41. The van der Waals surface area contributed by atoms with Crippen molar-refractivity contribution in [3.8, 4) is 0 Å². The first-order valence-corrected chi connectivity index (χ1v) is 11.1. The van der Waals surface area contributed by atoms with Gasteiger partial charge in [-0.1, -0.05) is 51.7 Å². The Labute approximate surface area is 151 Å². The van der Waals surface area contributed by atoms with Gasteiger partial charge < -0.3 is 4.74 Å². The third kappa shape index (κ3) is 7.72. The second kappa shape index (κ2) is 12.1. The predicted octanol–water partition coefficient (Wildman–Crippen LogP) is 7.30. The smallest absolute Gasteiger partial charge is 0.0575 e. The van der Waals surface area contributed by atoms with Crippen LogP contribution in [0.5, 0.6) is 0 Å². The van der Waals surface area contributed by atoms with E-state index in [1.165, 1.54) is 89.9 Å². The van der Waals surface area contributed by atoms with E-state index in [9.17, 15) is 0 Å². The first kappa shape index (κ1) is 20.0. The van der Waals surface area contributed by atoms with Gasteiger partial charge in [0.1, 0.15) is 0 Å². The first-order valence-electron chi connectivity index (χ1n) is 11.1. The van der Waals surface area contributed by atoms with E-state index in [1.54, 1.807) is 0 Å². The summed E-state index contributed by atoms with van der Waals surface area (Å²) in [5.41, 5.74) is 0. The Hall–Kier alpha value is -0.300. The number of hydrogen-bond acceptors (Lipinski definition) is 1. The summed E-state index contributed by atoms with van der Waals surface area (Å²) in [6.45, 7) is 5.51. The van der Waals surface area contributed by atoms with Crippen molar-refractivity contribution in [2.75, 3.05) is 6.61 Å². The molecule has 1 heteroatoms. The largest absolute Gasteiger partial charge is 0.378 e. The molecule has 2 aliphatic carbocycles. The van der Waals surface area contributed by atoms with Gasteiger partial charge in [0.2, 0.25) is 0 Å². The number of allylic oxidation sites excluding steroid dienone is 2. The Morgan fingerprint density at radius 1 is 0.792 bits per heavy atom. The molecule has 0 saturated heterocycles. The molecule has 2 saturated carbocycles. The minimum atomic E-state index is 0.582. The van der Waals surface area contributed by atoms with Crippen molar-refractivity contribution in [3.05, 3.63) is 12.2 Å². The molecular weight excluding hydrogens is 292 g/mol. The molecule has 0 amide bonds. The van der Waals surface area contributed by atoms with Crippen molar-refractivity contribution < 1.29 is 4.74 Å². The van der Waals surface area contributed by atoms with Crippen molar-refractivity contribution >= 4 is 0 Å². The molecule has 140 valence electrons. The van der Waals surface area contributed by atoms with E-state index >= 15 is 0 Å². The molecule has 2 rings (SSSR count). The molecule has 0 aromatic carbocycles. The van der Waals surface area contributed by atoms with Crippen molar-refractivity contribution in [1.29, 1.82) is 0 Å². The number of rotatable bonds is 10. The minimum Gasteiger partial charge on any atom is -0.378 e. The second-order valence-corrected chi connectivity index (χ2v) is 8.42. The third-order valence-electron chi connectivity index (χ3n) is 6.41. The van der Waals surface area contributed by atoms with E-state index in [0.717, 1.165) is 24.4 Å². The lowest BCUT2D eigenvalue weighted by atomic mass is 9.77. The predicted molar refractivity (Wildman–Crippen MR) is 105 cm³/mol. The standard InChI is InChI=1S/C23H42O/c1-3-5-7-19-24-23-17-15-22(16-18-23)14-13-21-11-9-20(10-12-21)8-6-4-2/h6,8,20-23H,3-5,7,9-19H2,1-2H3/t20-,21-,22-,23-. The zero-order valence-corrected chi connectivity index (χ0v) is 16.5. The van der Waals surface area contributed by atoms with Crippen molar-refractivity contribution in [1.82, 2.24) is 0 Å². The van der Waals surface area contributed by atoms with Gasteiger partial charge in [-0.3, -0.25) is 0 Å². The summed E-state index contributed by atoms with van der Waals surface area (Å²) >= 11 is 0. The highest BCUT2D eigenvalue weighted by Crippen LogP contribution is 2.36. The topological polar surface area (TPSA) is 9.23 Å². The second-order valence-electron chi connectivity index (χ2n) is 8.42. The van der Waals surface area contributed by atoms with Crippen molar-refractivity contribution in [2.45, 2.75) is 110 Å². The van der Waals surface area contributed by atoms with Gasteiger partial charge in [0, 0.05) is 6.61 Å². The van der Waals surface area contributed by atoms with Crippen LogP contribution in [-0.2, 0) is 4.74 Å². The quantitative estimate of drug-likeness (QED) is 0.301. The number of hydrogen-bond donors (Lipinski definition) is 0. The van der Waals surface area contributed by atoms with Crippen LogP contribution in [-0.4, -0.2) is 12.7 Å². The van der Waals surface area contributed by atoms with Gasteiger partial charge in [-0.05, 0) is 82.0 Å². The van der Waals surface area contributed by atoms with Crippen molar-refractivity contribution in [2.24, 2.45) is 17.8 Å². The molecule has 0 aromatic heterocycles. The fourth-order valence-electron chi connectivity index (χ4n) is 4.66. The first-order chi connectivity index (χ1) is 11.8. The molecule has 24 heavy (non-hydrogen) atoms. The zero-order chi connectivity index (χ0) is 17.0. The molecule has 0 spiro atoms. The summed E-state index contributed by atoms with van der Waals surface area (Å²) < 4.78 is 6.07. The zero-order valence-electron chi connectivity index (χ0n) is 16.5. The van der Waals surface area contributed by atoms with Crippen LogP contribution < -0.4 is 0 Å². The minimum absolute atomic E-state index is 0.582. The molecule has 0 bridgehead atoms.